The van der Waals surface area contributed by atoms with Crippen LogP contribution in [-0.4, -0.2) is 25.7 Å². The van der Waals surface area contributed by atoms with Crippen molar-refractivity contribution >= 4 is 27.5 Å². The van der Waals surface area contributed by atoms with E-state index < -0.39 is 0 Å². The largest absolute Gasteiger partial charge is 0.398 e. The van der Waals surface area contributed by atoms with E-state index in [9.17, 15) is 4.79 Å². The molecule has 4 nitrogen and oxygen atoms in total. The summed E-state index contributed by atoms with van der Waals surface area (Å²) in [5.41, 5.74) is 6.87. The Morgan fingerprint density at radius 2 is 2.29 bits per heavy atom. The molecule has 1 unspecified atom stereocenters. The van der Waals surface area contributed by atoms with Crippen LogP contribution < -0.4 is 11.1 Å². The highest BCUT2D eigenvalue weighted by Gasteiger charge is 2.12. The Morgan fingerprint density at radius 1 is 1.59 bits per heavy atom. The maximum Gasteiger partial charge on any atom is 0.251 e. The Bertz CT molecular complexity index is 396. The van der Waals surface area contributed by atoms with Crippen LogP contribution in [0, 0.1) is 0 Å². The van der Waals surface area contributed by atoms with Gasteiger partial charge < -0.3 is 15.8 Å². The first-order chi connectivity index (χ1) is 8.08. The van der Waals surface area contributed by atoms with Crippen molar-refractivity contribution in [2.45, 2.75) is 19.4 Å². The average molecular weight is 301 g/mol. The smallest absolute Gasteiger partial charge is 0.251 e. The van der Waals surface area contributed by atoms with Crippen LogP contribution in [0.4, 0.5) is 5.69 Å². The molecule has 0 aromatic heterocycles. The van der Waals surface area contributed by atoms with E-state index in [1.807, 2.05) is 6.92 Å². The molecule has 1 aromatic rings. The highest BCUT2D eigenvalue weighted by Crippen LogP contribution is 2.20. The minimum Gasteiger partial charge on any atom is -0.398 e. The van der Waals surface area contributed by atoms with Crippen LogP contribution in [0.25, 0.3) is 0 Å². The van der Waals surface area contributed by atoms with E-state index in [0.717, 1.165) is 10.9 Å². The highest BCUT2D eigenvalue weighted by atomic mass is 79.9. The molecule has 0 spiro atoms. The second kappa shape index (κ2) is 6.61. The van der Waals surface area contributed by atoms with E-state index in [1.54, 1.807) is 25.3 Å². The maximum atomic E-state index is 11.9. The summed E-state index contributed by atoms with van der Waals surface area (Å²) in [7, 11) is 1.62. The van der Waals surface area contributed by atoms with Crippen LogP contribution in [-0.2, 0) is 4.74 Å². The van der Waals surface area contributed by atoms with E-state index >= 15 is 0 Å². The Hall–Kier alpha value is -1.07. The normalized spacial score (nSPS) is 12.2. The van der Waals surface area contributed by atoms with Crippen molar-refractivity contribution in [2.75, 3.05) is 19.5 Å². The Kier molecular flexibility index (Phi) is 5.44. The number of carbonyl (C=O) groups excluding carboxylic acids is 1. The van der Waals surface area contributed by atoms with Gasteiger partial charge in [0.15, 0.2) is 0 Å². The van der Waals surface area contributed by atoms with Gasteiger partial charge in [0.05, 0.1) is 12.6 Å². The molecule has 1 aromatic carbocycles. The van der Waals surface area contributed by atoms with Crippen LogP contribution in [0.1, 0.15) is 23.7 Å². The number of amides is 1. The number of nitrogen functional groups attached to an aromatic ring is 1. The predicted octanol–water partition coefficient (Wildman–Crippen LogP) is 2.19. The predicted molar refractivity (Wildman–Crippen MR) is 72.0 cm³/mol. The Balaban J connectivity index is 2.72. The Morgan fingerprint density at radius 3 is 2.82 bits per heavy atom. The van der Waals surface area contributed by atoms with Crippen molar-refractivity contribution in [1.29, 1.82) is 0 Å². The zero-order valence-electron chi connectivity index (χ0n) is 10.00. The van der Waals surface area contributed by atoms with Gasteiger partial charge in [-0.2, -0.15) is 0 Å². The lowest BCUT2D eigenvalue weighted by Crippen LogP contribution is -2.37. The number of halogens is 1. The first kappa shape index (κ1) is 14.0. The van der Waals surface area contributed by atoms with Crippen LogP contribution in [0.5, 0.6) is 0 Å². The van der Waals surface area contributed by atoms with E-state index in [2.05, 4.69) is 21.2 Å². The molecule has 0 radical (unpaired) electrons. The summed E-state index contributed by atoms with van der Waals surface area (Å²) in [4.78, 5) is 11.9. The van der Waals surface area contributed by atoms with Gasteiger partial charge in [0.1, 0.15) is 0 Å². The van der Waals surface area contributed by atoms with Gasteiger partial charge >= 0.3 is 0 Å². The molecule has 0 fully saturated rings. The third-order valence-electron chi connectivity index (χ3n) is 2.46. The molecular formula is C12H17BrN2O2. The number of benzene rings is 1. The fraction of sp³-hybridized carbons (Fsp3) is 0.417. The van der Waals surface area contributed by atoms with Crippen molar-refractivity contribution in [2.24, 2.45) is 0 Å². The second-order valence-electron chi connectivity index (χ2n) is 3.77. The fourth-order valence-electron chi connectivity index (χ4n) is 1.40. The minimum absolute atomic E-state index is 0.0313. The molecule has 94 valence electrons. The molecule has 0 aliphatic rings. The lowest BCUT2D eigenvalue weighted by molar-refractivity contribution is 0.0894. The van der Waals surface area contributed by atoms with E-state index in [-0.39, 0.29) is 11.9 Å². The van der Waals surface area contributed by atoms with Gasteiger partial charge in [-0.15, -0.1) is 0 Å². The van der Waals surface area contributed by atoms with Gasteiger partial charge in [0, 0.05) is 22.8 Å². The molecule has 3 N–H and O–H groups in total. The molecule has 0 bridgehead atoms. The molecule has 1 rings (SSSR count). The number of hydrogen-bond donors (Lipinski definition) is 2. The number of rotatable bonds is 5. The summed E-state index contributed by atoms with van der Waals surface area (Å²) < 4.78 is 5.76. The first-order valence-electron chi connectivity index (χ1n) is 5.43. The summed E-state index contributed by atoms with van der Waals surface area (Å²) in [5.74, 6) is -0.116. The van der Waals surface area contributed by atoms with Gasteiger partial charge in [-0.1, -0.05) is 6.92 Å². The number of ether oxygens (including phenoxy) is 1. The number of nitrogens with two attached hydrogens (primary N) is 1. The molecule has 1 amide bonds. The number of hydrogen-bond acceptors (Lipinski definition) is 3. The van der Waals surface area contributed by atoms with E-state index in [4.69, 9.17) is 10.5 Å². The number of anilines is 1. The van der Waals surface area contributed by atoms with Gasteiger partial charge in [-0.05, 0) is 40.5 Å². The standard InChI is InChI=1S/C12H17BrN2O2/c1-3-9(7-17-2)15-12(16)8-4-5-11(14)10(13)6-8/h4-6,9H,3,7,14H2,1-2H3,(H,15,16). The number of nitrogens with one attached hydrogen (secondary N) is 1. The number of methoxy groups -OCH3 is 1. The quantitative estimate of drug-likeness (QED) is 0.819. The summed E-state index contributed by atoms with van der Waals surface area (Å²) >= 11 is 3.30. The molecule has 5 heteroatoms. The zero-order valence-corrected chi connectivity index (χ0v) is 11.6. The van der Waals surface area contributed by atoms with E-state index in [1.165, 1.54) is 0 Å². The van der Waals surface area contributed by atoms with Crippen molar-refractivity contribution in [3.05, 3.63) is 28.2 Å². The highest BCUT2D eigenvalue weighted by molar-refractivity contribution is 9.10. The van der Waals surface area contributed by atoms with Crippen molar-refractivity contribution in [3.8, 4) is 0 Å². The van der Waals surface area contributed by atoms with Crippen LogP contribution in [0.2, 0.25) is 0 Å². The van der Waals surface area contributed by atoms with Gasteiger partial charge in [-0.3, -0.25) is 4.79 Å². The minimum atomic E-state index is -0.116. The molecule has 17 heavy (non-hydrogen) atoms. The molecule has 0 saturated heterocycles. The van der Waals surface area contributed by atoms with E-state index in [0.29, 0.717) is 17.9 Å². The van der Waals surface area contributed by atoms with Crippen LogP contribution >= 0.6 is 15.9 Å². The van der Waals surface area contributed by atoms with Crippen LogP contribution in [0.3, 0.4) is 0 Å². The third-order valence-corrected chi connectivity index (χ3v) is 3.15. The van der Waals surface area contributed by atoms with Crippen molar-refractivity contribution in [1.82, 2.24) is 5.32 Å². The fourth-order valence-corrected chi connectivity index (χ4v) is 1.78. The van der Waals surface area contributed by atoms with Gasteiger partial charge in [0.2, 0.25) is 0 Å². The molecule has 0 aliphatic carbocycles. The maximum absolute atomic E-state index is 11.9. The second-order valence-corrected chi connectivity index (χ2v) is 4.62. The van der Waals surface area contributed by atoms with Crippen LogP contribution in [0.15, 0.2) is 22.7 Å². The summed E-state index contributed by atoms with van der Waals surface area (Å²) in [6.45, 7) is 2.52. The first-order valence-corrected chi connectivity index (χ1v) is 6.22. The Labute approximate surface area is 110 Å². The molecule has 0 heterocycles. The van der Waals surface area contributed by atoms with Gasteiger partial charge in [0.25, 0.3) is 5.91 Å². The number of carbonyl (C=O) groups is 1. The SMILES string of the molecule is CCC(COC)NC(=O)c1ccc(N)c(Br)c1. The monoisotopic (exact) mass is 300 g/mol. The molecule has 1 atom stereocenters. The zero-order chi connectivity index (χ0) is 12.8. The lowest BCUT2D eigenvalue weighted by Gasteiger charge is -2.16. The molecular weight excluding hydrogens is 284 g/mol. The molecule has 0 saturated carbocycles. The lowest BCUT2D eigenvalue weighted by atomic mass is 10.1. The molecule has 0 aliphatic heterocycles. The van der Waals surface area contributed by atoms with Crippen molar-refractivity contribution < 1.29 is 9.53 Å². The summed E-state index contributed by atoms with van der Waals surface area (Å²) in [5, 5.41) is 2.90. The topological polar surface area (TPSA) is 64.3 Å². The summed E-state index contributed by atoms with van der Waals surface area (Å²) in [6.07, 6.45) is 0.829. The third kappa shape index (κ3) is 4.02. The average Bonchev–Trinajstić information content (AvgIpc) is 2.31. The van der Waals surface area contributed by atoms with Crippen molar-refractivity contribution in [3.63, 3.8) is 0 Å². The summed E-state index contributed by atoms with van der Waals surface area (Å²) in [6, 6.07) is 5.15. The van der Waals surface area contributed by atoms with Gasteiger partial charge in [-0.25, -0.2) is 0 Å².